The van der Waals surface area contributed by atoms with Gasteiger partial charge in [-0.05, 0) is 47.0 Å². The molecule has 21 heavy (non-hydrogen) atoms. The van der Waals surface area contributed by atoms with E-state index >= 15 is 0 Å². The molecule has 5 nitrogen and oxygen atoms in total. The van der Waals surface area contributed by atoms with Crippen LogP contribution in [0.25, 0.3) is 10.9 Å². The Kier molecular flexibility index (Phi) is 3.79. The summed E-state index contributed by atoms with van der Waals surface area (Å²) in [4.78, 5) is 4.40. The first-order valence-electron chi connectivity index (χ1n) is 6.75. The Labute approximate surface area is 132 Å². The van der Waals surface area contributed by atoms with Gasteiger partial charge in [0.1, 0.15) is 0 Å². The largest absolute Gasteiger partial charge is 0.398 e. The van der Waals surface area contributed by atoms with Crippen molar-refractivity contribution < 1.29 is 8.42 Å². The maximum absolute atomic E-state index is 11.7. The summed E-state index contributed by atoms with van der Waals surface area (Å²) in [5.41, 5.74) is 8.23. The van der Waals surface area contributed by atoms with E-state index in [-0.39, 0.29) is 11.8 Å². The number of pyridine rings is 1. The monoisotopic (exact) mass is 369 g/mol. The number of halogens is 1. The van der Waals surface area contributed by atoms with Crippen LogP contribution >= 0.6 is 15.9 Å². The van der Waals surface area contributed by atoms with Crippen LogP contribution in [0.2, 0.25) is 0 Å². The lowest BCUT2D eigenvalue weighted by atomic mass is 10.1. The van der Waals surface area contributed by atoms with Crippen molar-refractivity contribution in [3.05, 3.63) is 28.9 Å². The zero-order valence-electron chi connectivity index (χ0n) is 11.3. The molecule has 1 atom stereocenters. The molecule has 0 saturated carbocycles. The van der Waals surface area contributed by atoms with E-state index in [9.17, 15) is 8.42 Å². The summed E-state index contributed by atoms with van der Waals surface area (Å²) in [5.74, 6) is 0.467. The molecular formula is C14H16BrN3O2S. The predicted octanol–water partition coefficient (Wildman–Crippen LogP) is 2.57. The van der Waals surface area contributed by atoms with E-state index < -0.39 is 9.84 Å². The van der Waals surface area contributed by atoms with E-state index in [2.05, 4.69) is 26.2 Å². The van der Waals surface area contributed by atoms with Crippen LogP contribution in [0.1, 0.15) is 12.8 Å². The van der Waals surface area contributed by atoms with Crippen LogP contribution in [0.3, 0.4) is 0 Å². The Balaban J connectivity index is 1.96. The first-order valence-corrected chi connectivity index (χ1v) is 9.37. The SMILES string of the molecule is Nc1ccc(NC2CCCS(=O)(=O)C2)c2ncc(Br)cc12. The smallest absolute Gasteiger partial charge is 0.152 e. The molecule has 2 heterocycles. The number of fused-ring (bicyclic) bond motifs is 1. The molecule has 1 aromatic heterocycles. The third kappa shape index (κ3) is 3.13. The minimum atomic E-state index is -2.94. The fourth-order valence-corrected chi connectivity index (χ4v) is 4.66. The van der Waals surface area contributed by atoms with E-state index in [0.29, 0.717) is 17.9 Å². The van der Waals surface area contributed by atoms with E-state index in [1.165, 1.54) is 0 Å². The zero-order valence-corrected chi connectivity index (χ0v) is 13.7. The predicted molar refractivity (Wildman–Crippen MR) is 89.2 cm³/mol. The lowest BCUT2D eigenvalue weighted by Crippen LogP contribution is -2.34. The number of hydrogen-bond acceptors (Lipinski definition) is 5. The Bertz CT molecular complexity index is 792. The Morgan fingerprint density at radius 3 is 2.95 bits per heavy atom. The summed E-state index contributed by atoms with van der Waals surface area (Å²) in [7, 11) is -2.94. The summed E-state index contributed by atoms with van der Waals surface area (Å²) in [6.45, 7) is 0. The van der Waals surface area contributed by atoms with Gasteiger partial charge in [0.2, 0.25) is 0 Å². The lowest BCUT2D eigenvalue weighted by Gasteiger charge is -2.24. The lowest BCUT2D eigenvalue weighted by molar-refractivity contribution is 0.562. The summed E-state index contributed by atoms with van der Waals surface area (Å²) in [6.07, 6.45) is 3.26. The van der Waals surface area contributed by atoms with Gasteiger partial charge in [-0.2, -0.15) is 0 Å². The first kappa shape index (κ1) is 14.6. The van der Waals surface area contributed by atoms with Crippen LogP contribution in [0.5, 0.6) is 0 Å². The Hall–Kier alpha value is -1.34. The van der Waals surface area contributed by atoms with Crippen LogP contribution in [0.4, 0.5) is 11.4 Å². The third-order valence-electron chi connectivity index (χ3n) is 3.67. The number of benzene rings is 1. The van der Waals surface area contributed by atoms with Crippen molar-refractivity contribution in [3.63, 3.8) is 0 Å². The third-order valence-corrected chi connectivity index (χ3v) is 5.93. The number of nitrogens with one attached hydrogen (secondary N) is 1. The van der Waals surface area contributed by atoms with Crippen LogP contribution in [-0.4, -0.2) is 30.9 Å². The standard InChI is InChI=1S/C14H16BrN3O2S/c15-9-6-11-12(16)3-4-13(14(11)17-7-9)18-10-2-1-5-21(19,20)8-10/h3-4,6-7,10,18H,1-2,5,8,16H2. The van der Waals surface area contributed by atoms with E-state index in [0.717, 1.165) is 27.5 Å². The second-order valence-corrected chi connectivity index (χ2v) is 8.49. The van der Waals surface area contributed by atoms with Crippen LogP contribution in [0.15, 0.2) is 28.9 Å². The number of rotatable bonds is 2. The molecule has 1 saturated heterocycles. The van der Waals surface area contributed by atoms with Gasteiger partial charge in [-0.15, -0.1) is 0 Å². The average molecular weight is 370 g/mol. The Morgan fingerprint density at radius 2 is 2.19 bits per heavy atom. The molecule has 0 aliphatic carbocycles. The van der Waals surface area contributed by atoms with Crippen molar-refractivity contribution in [2.75, 3.05) is 22.6 Å². The highest BCUT2D eigenvalue weighted by Gasteiger charge is 2.25. The molecule has 1 unspecified atom stereocenters. The summed E-state index contributed by atoms with van der Waals surface area (Å²) < 4.78 is 24.3. The minimum absolute atomic E-state index is 0.0685. The van der Waals surface area contributed by atoms with Crippen molar-refractivity contribution in [1.82, 2.24) is 4.98 Å². The average Bonchev–Trinajstić information content (AvgIpc) is 2.41. The molecule has 112 valence electrons. The summed E-state index contributed by atoms with van der Waals surface area (Å²) >= 11 is 3.39. The fourth-order valence-electron chi connectivity index (χ4n) is 2.69. The van der Waals surface area contributed by atoms with Gasteiger partial charge in [-0.1, -0.05) is 0 Å². The van der Waals surface area contributed by atoms with Crippen LogP contribution in [-0.2, 0) is 9.84 Å². The van der Waals surface area contributed by atoms with Crippen molar-refractivity contribution in [3.8, 4) is 0 Å². The molecular weight excluding hydrogens is 354 g/mol. The van der Waals surface area contributed by atoms with Gasteiger partial charge in [-0.25, -0.2) is 8.42 Å². The molecule has 1 aliphatic heterocycles. The number of sulfone groups is 1. The molecule has 1 fully saturated rings. The molecule has 1 aliphatic rings. The number of aromatic nitrogens is 1. The van der Waals surface area contributed by atoms with Gasteiger partial charge in [0.05, 0.1) is 22.7 Å². The molecule has 2 aromatic rings. The highest BCUT2D eigenvalue weighted by molar-refractivity contribution is 9.10. The highest BCUT2D eigenvalue weighted by atomic mass is 79.9. The molecule has 0 radical (unpaired) electrons. The molecule has 1 aromatic carbocycles. The minimum Gasteiger partial charge on any atom is -0.398 e. The van der Waals surface area contributed by atoms with Gasteiger partial charge in [0, 0.05) is 27.8 Å². The molecule has 3 rings (SSSR count). The first-order chi connectivity index (χ1) is 9.94. The van der Waals surface area contributed by atoms with E-state index in [1.54, 1.807) is 6.20 Å². The number of nitrogens with zero attached hydrogens (tertiary/aromatic N) is 1. The van der Waals surface area contributed by atoms with Crippen molar-refractivity contribution in [2.24, 2.45) is 0 Å². The van der Waals surface area contributed by atoms with Crippen molar-refractivity contribution >= 4 is 48.0 Å². The molecule has 0 spiro atoms. The topological polar surface area (TPSA) is 85.1 Å². The highest BCUT2D eigenvalue weighted by Crippen LogP contribution is 2.30. The number of nitrogen functional groups attached to an aromatic ring is 1. The number of anilines is 2. The number of nitrogens with two attached hydrogens (primary N) is 1. The molecule has 7 heteroatoms. The second kappa shape index (κ2) is 5.46. The van der Waals surface area contributed by atoms with E-state index in [1.807, 2.05) is 18.2 Å². The Morgan fingerprint density at radius 1 is 1.38 bits per heavy atom. The van der Waals surface area contributed by atoms with Gasteiger partial charge in [0.25, 0.3) is 0 Å². The quantitative estimate of drug-likeness (QED) is 0.794. The second-order valence-electron chi connectivity index (χ2n) is 5.35. The maximum atomic E-state index is 11.7. The van der Waals surface area contributed by atoms with Crippen LogP contribution < -0.4 is 11.1 Å². The summed E-state index contributed by atoms with van der Waals surface area (Å²) in [5, 5.41) is 4.17. The van der Waals surface area contributed by atoms with Crippen molar-refractivity contribution in [2.45, 2.75) is 18.9 Å². The zero-order chi connectivity index (χ0) is 15.0. The van der Waals surface area contributed by atoms with Gasteiger partial charge in [-0.3, -0.25) is 4.98 Å². The fraction of sp³-hybridized carbons (Fsp3) is 0.357. The molecule has 0 amide bonds. The molecule has 0 bridgehead atoms. The molecule has 3 N–H and O–H groups in total. The summed E-state index contributed by atoms with van der Waals surface area (Å²) in [6, 6.07) is 5.53. The van der Waals surface area contributed by atoms with Crippen LogP contribution in [0, 0.1) is 0 Å². The van der Waals surface area contributed by atoms with Gasteiger partial charge in [0.15, 0.2) is 9.84 Å². The van der Waals surface area contributed by atoms with Gasteiger partial charge >= 0.3 is 0 Å². The van der Waals surface area contributed by atoms with Crippen molar-refractivity contribution in [1.29, 1.82) is 0 Å². The van der Waals surface area contributed by atoms with Gasteiger partial charge < -0.3 is 11.1 Å². The van der Waals surface area contributed by atoms with E-state index in [4.69, 9.17) is 5.73 Å². The normalized spacial score (nSPS) is 21.3. The number of hydrogen-bond donors (Lipinski definition) is 2. The maximum Gasteiger partial charge on any atom is 0.152 e.